The van der Waals surface area contributed by atoms with E-state index in [9.17, 15) is 4.79 Å². The van der Waals surface area contributed by atoms with Gasteiger partial charge in [0.05, 0.1) is 6.61 Å². The predicted molar refractivity (Wildman–Crippen MR) is 60.7 cm³/mol. The van der Waals surface area contributed by atoms with Gasteiger partial charge in [0.25, 0.3) is 0 Å². The van der Waals surface area contributed by atoms with Gasteiger partial charge in [0, 0.05) is 6.42 Å². The number of benzene rings is 1. The number of rotatable bonds is 5. The zero-order valence-corrected chi connectivity index (χ0v) is 9.13. The molecule has 4 nitrogen and oxygen atoms in total. The molecule has 0 saturated heterocycles. The van der Waals surface area contributed by atoms with Crippen LogP contribution in [-0.2, 0) is 4.79 Å². The molecule has 1 rings (SSSR count). The summed E-state index contributed by atoms with van der Waals surface area (Å²) in [6.45, 7) is 0.525. The Hall–Kier alpha value is -1.26. The van der Waals surface area contributed by atoms with Crippen LogP contribution in [0.2, 0.25) is 0 Å². The van der Waals surface area contributed by atoms with E-state index in [2.05, 4.69) is 5.43 Å². The molecule has 0 aliphatic rings. The summed E-state index contributed by atoms with van der Waals surface area (Å²) in [5, 5.41) is 0. The molecule has 1 amide bonds. The minimum absolute atomic E-state index is 0. The molecule has 0 saturated carbocycles. The average Bonchev–Trinajstić information content (AvgIpc) is 2.25. The van der Waals surface area contributed by atoms with Crippen molar-refractivity contribution in [2.24, 2.45) is 5.84 Å². The van der Waals surface area contributed by atoms with E-state index >= 15 is 0 Å². The van der Waals surface area contributed by atoms with Gasteiger partial charge in [-0.1, -0.05) is 18.2 Å². The first-order valence-corrected chi connectivity index (χ1v) is 4.50. The molecule has 3 N–H and O–H groups in total. The van der Waals surface area contributed by atoms with Gasteiger partial charge < -0.3 is 4.74 Å². The number of ether oxygens (including phenoxy) is 1. The second-order valence-electron chi connectivity index (χ2n) is 2.83. The van der Waals surface area contributed by atoms with Crippen LogP contribution in [0.5, 0.6) is 5.75 Å². The Morgan fingerprint density at radius 3 is 2.60 bits per heavy atom. The average molecular weight is 231 g/mol. The minimum atomic E-state index is -0.165. The SMILES string of the molecule is Cl.NNC(=O)CCCOc1ccccc1. The van der Waals surface area contributed by atoms with E-state index in [-0.39, 0.29) is 18.3 Å². The van der Waals surface area contributed by atoms with Crippen molar-refractivity contribution in [3.8, 4) is 5.75 Å². The Labute approximate surface area is 95.2 Å². The highest BCUT2D eigenvalue weighted by atomic mass is 35.5. The third kappa shape index (κ3) is 5.93. The van der Waals surface area contributed by atoms with Gasteiger partial charge in [-0.15, -0.1) is 12.4 Å². The standard InChI is InChI=1S/C10H14N2O2.ClH/c11-12-10(13)7-4-8-14-9-5-2-1-3-6-9;/h1-3,5-6H,4,7-8,11H2,(H,12,13);1H. The maximum atomic E-state index is 10.7. The Kier molecular flexibility index (Phi) is 7.40. The largest absolute Gasteiger partial charge is 0.494 e. The van der Waals surface area contributed by atoms with Crippen molar-refractivity contribution >= 4 is 18.3 Å². The van der Waals surface area contributed by atoms with Crippen molar-refractivity contribution in [1.82, 2.24) is 5.43 Å². The van der Waals surface area contributed by atoms with Crippen LogP contribution < -0.4 is 16.0 Å². The summed E-state index contributed by atoms with van der Waals surface area (Å²) in [6.07, 6.45) is 1.06. The first kappa shape index (κ1) is 13.7. The number of hydrogen-bond donors (Lipinski definition) is 2. The Morgan fingerprint density at radius 1 is 1.33 bits per heavy atom. The molecule has 84 valence electrons. The summed E-state index contributed by atoms with van der Waals surface area (Å²) < 4.78 is 5.38. The van der Waals surface area contributed by atoms with Crippen LogP contribution >= 0.6 is 12.4 Å². The molecule has 15 heavy (non-hydrogen) atoms. The topological polar surface area (TPSA) is 64.3 Å². The van der Waals surface area contributed by atoms with Gasteiger partial charge in [-0.2, -0.15) is 0 Å². The fourth-order valence-corrected chi connectivity index (χ4v) is 1.01. The number of hydrazine groups is 1. The third-order valence-corrected chi connectivity index (χ3v) is 1.72. The van der Waals surface area contributed by atoms with Crippen molar-refractivity contribution in [3.05, 3.63) is 30.3 Å². The second-order valence-corrected chi connectivity index (χ2v) is 2.83. The number of halogens is 1. The highest BCUT2D eigenvalue weighted by molar-refractivity contribution is 5.85. The molecule has 0 aliphatic heterocycles. The van der Waals surface area contributed by atoms with Crippen molar-refractivity contribution in [2.75, 3.05) is 6.61 Å². The molecule has 0 radical (unpaired) electrons. The van der Waals surface area contributed by atoms with E-state index in [4.69, 9.17) is 10.6 Å². The predicted octanol–water partition coefficient (Wildman–Crippen LogP) is 1.26. The molecule has 5 heteroatoms. The fraction of sp³-hybridized carbons (Fsp3) is 0.300. The summed E-state index contributed by atoms with van der Waals surface area (Å²) in [5.74, 6) is 5.58. The fourth-order valence-electron chi connectivity index (χ4n) is 1.01. The first-order chi connectivity index (χ1) is 6.83. The van der Waals surface area contributed by atoms with Gasteiger partial charge in [-0.05, 0) is 18.6 Å². The number of nitrogens with two attached hydrogens (primary N) is 1. The highest BCUT2D eigenvalue weighted by Gasteiger charge is 1.97. The maximum Gasteiger partial charge on any atom is 0.234 e. The van der Waals surface area contributed by atoms with E-state index in [1.165, 1.54) is 0 Å². The van der Waals surface area contributed by atoms with Crippen LogP contribution in [0, 0.1) is 0 Å². The van der Waals surface area contributed by atoms with Crippen LogP contribution in [0.1, 0.15) is 12.8 Å². The van der Waals surface area contributed by atoms with Gasteiger partial charge in [-0.25, -0.2) is 5.84 Å². The summed E-state index contributed by atoms with van der Waals surface area (Å²) in [7, 11) is 0. The van der Waals surface area contributed by atoms with Crippen molar-refractivity contribution in [3.63, 3.8) is 0 Å². The van der Waals surface area contributed by atoms with Crippen LogP contribution in [0.3, 0.4) is 0 Å². The van der Waals surface area contributed by atoms with Gasteiger partial charge in [0.2, 0.25) is 5.91 Å². The summed E-state index contributed by atoms with van der Waals surface area (Å²) in [5.41, 5.74) is 2.07. The third-order valence-electron chi connectivity index (χ3n) is 1.72. The van der Waals surface area contributed by atoms with Gasteiger partial charge in [0.1, 0.15) is 5.75 Å². The smallest absolute Gasteiger partial charge is 0.234 e. The van der Waals surface area contributed by atoms with E-state index in [0.717, 1.165) is 5.75 Å². The van der Waals surface area contributed by atoms with Crippen LogP contribution in [-0.4, -0.2) is 12.5 Å². The molecule has 0 heterocycles. The first-order valence-electron chi connectivity index (χ1n) is 4.50. The zero-order valence-electron chi connectivity index (χ0n) is 8.31. The lowest BCUT2D eigenvalue weighted by atomic mass is 10.3. The number of carbonyl (C=O) groups excluding carboxylic acids is 1. The summed E-state index contributed by atoms with van der Waals surface area (Å²) >= 11 is 0. The van der Waals surface area contributed by atoms with Crippen molar-refractivity contribution in [2.45, 2.75) is 12.8 Å². The van der Waals surface area contributed by atoms with Crippen LogP contribution in [0.15, 0.2) is 30.3 Å². The molecule has 0 fully saturated rings. The zero-order chi connectivity index (χ0) is 10.2. The van der Waals surface area contributed by atoms with E-state index in [1.54, 1.807) is 0 Å². The lowest BCUT2D eigenvalue weighted by Gasteiger charge is -2.04. The number of hydrogen-bond acceptors (Lipinski definition) is 3. The van der Waals surface area contributed by atoms with Gasteiger partial charge in [0.15, 0.2) is 0 Å². The monoisotopic (exact) mass is 230 g/mol. The molecular weight excluding hydrogens is 216 g/mol. The molecular formula is C10H15ClN2O2. The molecule has 0 spiro atoms. The Bertz CT molecular complexity index is 280. The number of para-hydroxylation sites is 1. The normalized spacial score (nSPS) is 8.87. The summed E-state index contributed by atoms with van der Waals surface area (Å²) in [6, 6.07) is 9.49. The summed E-state index contributed by atoms with van der Waals surface area (Å²) in [4.78, 5) is 10.7. The van der Waals surface area contributed by atoms with E-state index in [0.29, 0.717) is 19.4 Å². The molecule has 0 atom stereocenters. The molecule has 1 aromatic rings. The number of nitrogens with one attached hydrogen (secondary N) is 1. The van der Waals surface area contributed by atoms with E-state index in [1.807, 2.05) is 30.3 Å². The van der Waals surface area contributed by atoms with Crippen LogP contribution in [0.4, 0.5) is 0 Å². The van der Waals surface area contributed by atoms with Gasteiger partial charge in [-0.3, -0.25) is 10.2 Å². The molecule has 1 aromatic carbocycles. The maximum absolute atomic E-state index is 10.7. The molecule has 0 unspecified atom stereocenters. The quantitative estimate of drug-likeness (QED) is 0.346. The second kappa shape index (κ2) is 8.08. The lowest BCUT2D eigenvalue weighted by molar-refractivity contribution is -0.121. The van der Waals surface area contributed by atoms with Gasteiger partial charge >= 0.3 is 0 Å². The van der Waals surface area contributed by atoms with E-state index < -0.39 is 0 Å². The Balaban J connectivity index is 0.00000196. The number of carbonyl (C=O) groups is 1. The highest BCUT2D eigenvalue weighted by Crippen LogP contribution is 2.08. The molecule has 0 aromatic heterocycles. The molecule has 0 aliphatic carbocycles. The number of amides is 1. The van der Waals surface area contributed by atoms with Crippen LogP contribution in [0.25, 0.3) is 0 Å². The Morgan fingerprint density at radius 2 is 2.00 bits per heavy atom. The van der Waals surface area contributed by atoms with Crippen molar-refractivity contribution < 1.29 is 9.53 Å². The van der Waals surface area contributed by atoms with Crippen molar-refractivity contribution in [1.29, 1.82) is 0 Å². The molecule has 0 bridgehead atoms. The lowest BCUT2D eigenvalue weighted by Crippen LogP contribution is -2.29. The minimum Gasteiger partial charge on any atom is -0.494 e.